The van der Waals surface area contributed by atoms with E-state index < -0.39 is 0 Å². The van der Waals surface area contributed by atoms with Crippen LogP contribution >= 0.6 is 0 Å². The Balaban J connectivity index is 0.000000758. The number of benzene rings is 3. The van der Waals surface area contributed by atoms with E-state index in [0.717, 1.165) is 25.9 Å². The molecular weight excluding hydrogens is 314 g/mol. The molecule has 0 aliphatic rings. The van der Waals surface area contributed by atoms with Crippen LogP contribution in [-0.4, -0.2) is 6.54 Å². The molecule has 0 saturated carbocycles. The summed E-state index contributed by atoms with van der Waals surface area (Å²) in [4.78, 5) is 2.47. The Morgan fingerprint density at radius 1 is 0.615 bits per heavy atom. The molecule has 136 valence electrons. The van der Waals surface area contributed by atoms with Crippen molar-refractivity contribution < 1.29 is 0 Å². The number of hydrogen-bond acceptors (Lipinski definition) is 1. The summed E-state index contributed by atoms with van der Waals surface area (Å²) in [7, 11) is 0. The fourth-order valence-corrected chi connectivity index (χ4v) is 2.86. The van der Waals surface area contributed by atoms with Crippen LogP contribution in [0.2, 0.25) is 0 Å². The number of nitrogens with zero attached hydrogens (tertiary/aromatic N) is 1. The van der Waals surface area contributed by atoms with E-state index in [1.54, 1.807) is 0 Å². The SMILES string of the molecule is CCC.c1ccc(CCCN(Cc2ccccc2)c2ccccc2)cc1. The van der Waals surface area contributed by atoms with E-state index in [1.165, 1.54) is 23.2 Å². The molecular formula is C25H31N. The highest BCUT2D eigenvalue weighted by atomic mass is 15.1. The highest BCUT2D eigenvalue weighted by Gasteiger charge is 2.07. The van der Waals surface area contributed by atoms with Crippen LogP contribution in [0.1, 0.15) is 37.8 Å². The molecule has 0 aliphatic heterocycles. The lowest BCUT2D eigenvalue weighted by Crippen LogP contribution is -2.24. The van der Waals surface area contributed by atoms with E-state index >= 15 is 0 Å². The van der Waals surface area contributed by atoms with Gasteiger partial charge in [-0.1, -0.05) is 99.1 Å². The minimum absolute atomic E-state index is 0.958. The van der Waals surface area contributed by atoms with Crippen LogP contribution < -0.4 is 4.90 Å². The summed E-state index contributed by atoms with van der Waals surface area (Å²) in [6.07, 6.45) is 3.53. The molecule has 1 heteroatoms. The van der Waals surface area contributed by atoms with Gasteiger partial charge < -0.3 is 4.90 Å². The number of hydrogen-bond donors (Lipinski definition) is 0. The van der Waals surface area contributed by atoms with Gasteiger partial charge in [-0.25, -0.2) is 0 Å². The molecule has 26 heavy (non-hydrogen) atoms. The summed E-state index contributed by atoms with van der Waals surface area (Å²) >= 11 is 0. The first-order valence-electron chi connectivity index (χ1n) is 9.71. The van der Waals surface area contributed by atoms with Crippen LogP contribution in [0.15, 0.2) is 91.0 Å². The molecule has 1 nitrogen and oxygen atoms in total. The van der Waals surface area contributed by atoms with Gasteiger partial charge in [-0.2, -0.15) is 0 Å². The van der Waals surface area contributed by atoms with Crippen molar-refractivity contribution in [1.82, 2.24) is 0 Å². The molecule has 0 spiro atoms. The lowest BCUT2D eigenvalue weighted by Gasteiger charge is -2.25. The topological polar surface area (TPSA) is 3.24 Å². The fraction of sp³-hybridized carbons (Fsp3) is 0.280. The van der Waals surface area contributed by atoms with Crippen molar-refractivity contribution in [2.75, 3.05) is 11.4 Å². The number of para-hydroxylation sites is 1. The fourth-order valence-electron chi connectivity index (χ4n) is 2.86. The molecule has 3 aromatic rings. The molecule has 0 bridgehead atoms. The van der Waals surface area contributed by atoms with Gasteiger partial charge >= 0.3 is 0 Å². The van der Waals surface area contributed by atoms with Crippen LogP contribution in [0.25, 0.3) is 0 Å². The Hall–Kier alpha value is -2.54. The first kappa shape index (κ1) is 19.8. The molecule has 0 atom stereocenters. The summed E-state index contributed by atoms with van der Waals surface area (Å²) in [5.74, 6) is 0. The molecule has 0 radical (unpaired) electrons. The molecule has 0 unspecified atom stereocenters. The zero-order valence-corrected chi connectivity index (χ0v) is 16.1. The third-order valence-electron chi connectivity index (χ3n) is 4.07. The molecule has 0 amide bonds. The average Bonchev–Trinajstić information content (AvgIpc) is 2.70. The predicted molar refractivity (Wildman–Crippen MR) is 115 cm³/mol. The van der Waals surface area contributed by atoms with Gasteiger partial charge in [0.15, 0.2) is 0 Å². The van der Waals surface area contributed by atoms with Gasteiger partial charge in [-0.05, 0) is 36.1 Å². The van der Waals surface area contributed by atoms with Crippen molar-refractivity contribution in [3.05, 3.63) is 102 Å². The van der Waals surface area contributed by atoms with Crippen molar-refractivity contribution in [2.45, 2.75) is 39.7 Å². The van der Waals surface area contributed by atoms with Crippen molar-refractivity contribution in [1.29, 1.82) is 0 Å². The molecule has 0 N–H and O–H groups in total. The van der Waals surface area contributed by atoms with Crippen LogP contribution in [0.4, 0.5) is 5.69 Å². The summed E-state index contributed by atoms with van der Waals surface area (Å²) in [5, 5.41) is 0. The van der Waals surface area contributed by atoms with Crippen molar-refractivity contribution >= 4 is 5.69 Å². The smallest absolute Gasteiger partial charge is 0.0429 e. The Bertz CT molecular complexity index is 692. The van der Waals surface area contributed by atoms with E-state index in [2.05, 4.69) is 110 Å². The minimum Gasteiger partial charge on any atom is -0.367 e. The second-order valence-electron chi connectivity index (χ2n) is 6.54. The van der Waals surface area contributed by atoms with Gasteiger partial charge in [0.25, 0.3) is 0 Å². The lowest BCUT2D eigenvalue weighted by molar-refractivity contribution is 0.728. The van der Waals surface area contributed by atoms with Gasteiger partial charge in [0.2, 0.25) is 0 Å². The van der Waals surface area contributed by atoms with Crippen molar-refractivity contribution in [3.63, 3.8) is 0 Å². The summed E-state index contributed by atoms with van der Waals surface area (Å²) < 4.78 is 0. The number of anilines is 1. The second kappa shape index (κ2) is 11.9. The zero-order chi connectivity index (χ0) is 18.5. The van der Waals surface area contributed by atoms with Crippen molar-refractivity contribution in [3.8, 4) is 0 Å². The van der Waals surface area contributed by atoms with Crippen LogP contribution in [0, 0.1) is 0 Å². The molecule has 3 aromatic carbocycles. The van der Waals surface area contributed by atoms with E-state index in [4.69, 9.17) is 0 Å². The van der Waals surface area contributed by atoms with Crippen LogP contribution in [0.3, 0.4) is 0 Å². The maximum Gasteiger partial charge on any atom is 0.0429 e. The molecule has 0 heterocycles. The van der Waals surface area contributed by atoms with Crippen LogP contribution in [0.5, 0.6) is 0 Å². The third kappa shape index (κ3) is 7.14. The van der Waals surface area contributed by atoms with E-state index in [1.807, 2.05) is 0 Å². The quantitative estimate of drug-likeness (QED) is 0.458. The second-order valence-corrected chi connectivity index (χ2v) is 6.54. The summed E-state index contributed by atoms with van der Waals surface area (Å²) in [5.41, 5.74) is 4.07. The Morgan fingerprint density at radius 2 is 1.08 bits per heavy atom. The molecule has 0 fully saturated rings. The minimum atomic E-state index is 0.958. The van der Waals surface area contributed by atoms with Gasteiger partial charge in [-0.15, -0.1) is 0 Å². The molecule has 0 aromatic heterocycles. The summed E-state index contributed by atoms with van der Waals surface area (Å²) in [6, 6.07) is 32.2. The highest BCUT2D eigenvalue weighted by molar-refractivity contribution is 5.46. The van der Waals surface area contributed by atoms with E-state index in [0.29, 0.717) is 0 Å². The third-order valence-corrected chi connectivity index (χ3v) is 4.07. The standard InChI is InChI=1S/C22H23N.C3H8/c1-4-11-20(12-5-1)15-10-18-23(22-16-8-3-9-17-22)19-21-13-6-2-7-14-21;1-3-2/h1-9,11-14,16-17H,10,15,18-19H2;3H2,1-2H3. The number of rotatable bonds is 7. The van der Waals surface area contributed by atoms with E-state index in [-0.39, 0.29) is 0 Å². The van der Waals surface area contributed by atoms with Crippen molar-refractivity contribution in [2.24, 2.45) is 0 Å². The molecule has 0 aliphatic carbocycles. The number of aryl methyl sites for hydroxylation is 1. The summed E-state index contributed by atoms with van der Waals surface area (Å²) in [6.45, 7) is 6.27. The van der Waals surface area contributed by atoms with E-state index in [9.17, 15) is 0 Å². The van der Waals surface area contributed by atoms with Gasteiger partial charge in [-0.3, -0.25) is 0 Å². The van der Waals surface area contributed by atoms with Gasteiger partial charge in [0.05, 0.1) is 0 Å². The largest absolute Gasteiger partial charge is 0.367 e. The van der Waals surface area contributed by atoms with Crippen LogP contribution in [-0.2, 0) is 13.0 Å². The first-order chi connectivity index (χ1) is 12.8. The maximum atomic E-state index is 2.47. The predicted octanol–water partition coefficient (Wildman–Crippen LogP) is 6.74. The Kier molecular flexibility index (Phi) is 9.07. The normalized spacial score (nSPS) is 9.92. The first-order valence-corrected chi connectivity index (χ1v) is 9.71. The molecule has 3 rings (SSSR count). The monoisotopic (exact) mass is 345 g/mol. The van der Waals surface area contributed by atoms with Gasteiger partial charge in [0, 0.05) is 18.8 Å². The zero-order valence-electron chi connectivity index (χ0n) is 16.1. The maximum absolute atomic E-state index is 2.47. The highest BCUT2D eigenvalue weighted by Crippen LogP contribution is 2.18. The van der Waals surface area contributed by atoms with Gasteiger partial charge in [0.1, 0.15) is 0 Å². The Morgan fingerprint density at radius 3 is 1.62 bits per heavy atom. The average molecular weight is 346 g/mol. The molecule has 0 saturated heterocycles. The lowest BCUT2D eigenvalue weighted by atomic mass is 10.1. The Labute approximate surface area is 159 Å².